The van der Waals surface area contributed by atoms with Crippen LogP contribution >= 0.6 is 11.6 Å². The summed E-state index contributed by atoms with van der Waals surface area (Å²) in [6.07, 6.45) is 8.74. The highest BCUT2D eigenvalue weighted by molar-refractivity contribution is 6.23. The van der Waals surface area contributed by atoms with Gasteiger partial charge >= 0.3 is 5.97 Å². The highest BCUT2D eigenvalue weighted by Crippen LogP contribution is 2.67. The van der Waals surface area contributed by atoms with Crippen LogP contribution in [0.5, 0.6) is 0 Å². The van der Waals surface area contributed by atoms with Crippen LogP contribution in [-0.2, 0) is 19.1 Å². The molecule has 0 aromatic heterocycles. The summed E-state index contributed by atoms with van der Waals surface area (Å²) in [6, 6.07) is 0. The molecule has 0 saturated heterocycles. The molecular formula is C27H37ClO5. The van der Waals surface area contributed by atoms with E-state index in [4.69, 9.17) is 16.3 Å². The fourth-order valence-corrected chi connectivity index (χ4v) is 8.53. The van der Waals surface area contributed by atoms with Crippen LogP contribution < -0.4 is 0 Å². The molecule has 0 radical (unpaired) electrons. The first-order valence-corrected chi connectivity index (χ1v) is 12.9. The van der Waals surface area contributed by atoms with Gasteiger partial charge in [0, 0.05) is 23.7 Å². The third-order valence-corrected chi connectivity index (χ3v) is 9.69. The third kappa shape index (κ3) is 4.03. The normalized spacial score (nSPS) is 43.9. The fraction of sp³-hybridized carbons (Fsp3) is 0.741. The first kappa shape index (κ1) is 24.7. The van der Waals surface area contributed by atoms with E-state index in [2.05, 4.69) is 20.8 Å². The molecule has 4 aliphatic rings. The molecule has 6 heteroatoms. The molecule has 33 heavy (non-hydrogen) atoms. The van der Waals surface area contributed by atoms with Crippen molar-refractivity contribution in [3.05, 3.63) is 23.8 Å². The number of Topliss-reactive ketones (excluding diaryl/α,β-unsaturated/α-hetero) is 1. The lowest BCUT2D eigenvalue weighted by Crippen LogP contribution is -2.58. The number of alkyl halides is 1. The largest absolute Gasteiger partial charge is 0.458 e. The Morgan fingerprint density at radius 3 is 2.70 bits per heavy atom. The molecule has 0 aliphatic heterocycles. The van der Waals surface area contributed by atoms with Gasteiger partial charge in [0.1, 0.15) is 6.61 Å². The number of rotatable bonds is 6. The summed E-state index contributed by atoms with van der Waals surface area (Å²) in [5.41, 5.74) is 0.0950. The summed E-state index contributed by atoms with van der Waals surface area (Å²) in [5, 5.41) is 11.2. The first-order chi connectivity index (χ1) is 15.5. The number of fused-ring (bicyclic) bond motifs is 5. The summed E-state index contributed by atoms with van der Waals surface area (Å²) in [5.74, 6) is -0.121. The summed E-state index contributed by atoms with van der Waals surface area (Å²) < 4.78 is 5.32. The minimum Gasteiger partial charge on any atom is -0.458 e. The average molecular weight is 477 g/mol. The maximum absolute atomic E-state index is 13.3. The zero-order chi connectivity index (χ0) is 24.1. The van der Waals surface area contributed by atoms with Crippen molar-refractivity contribution in [2.45, 2.75) is 77.7 Å². The molecule has 0 bridgehead atoms. The van der Waals surface area contributed by atoms with E-state index in [9.17, 15) is 19.5 Å². The molecule has 4 rings (SSSR count). The van der Waals surface area contributed by atoms with Gasteiger partial charge in [-0.25, -0.2) is 0 Å². The van der Waals surface area contributed by atoms with E-state index < -0.39 is 11.5 Å². The molecule has 182 valence electrons. The van der Waals surface area contributed by atoms with Crippen molar-refractivity contribution >= 4 is 29.1 Å². The number of hydrogen-bond acceptors (Lipinski definition) is 5. The van der Waals surface area contributed by atoms with Gasteiger partial charge < -0.3 is 9.84 Å². The molecule has 0 amide bonds. The Kier molecular flexibility index (Phi) is 6.69. The summed E-state index contributed by atoms with van der Waals surface area (Å²) in [7, 11) is 0. The van der Waals surface area contributed by atoms with Gasteiger partial charge in [-0.15, -0.1) is 11.6 Å². The first-order valence-electron chi connectivity index (χ1n) is 12.5. The number of carbonyl (C=O) groups is 3. The molecule has 1 N–H and O–H groups in total. The zero-order valence-corrected chi connectivity index (χ0v) is 20.9. The van der Waals surface area contributed by atoms with Crippen LogP contribution in [0.1, 0.15) is 66.2 Å². The van der Waals surface area contributed by atoms with E-state index in [1.807, 2.05) is 13.0 Å². The highest BCUT2D eigenvalue weighted by atomic mass is 35.5. The number of aliphatic hydroxyl groups excluding tert-OH is 1. The Bertz CT molecular complexity index is 893. The summed E-state index contributed by atoms with van der Waals surface area (Å²) in [6.45, 7) is 8.17. The van der Waals surface area contributed by atoms with Crippen molar-refractivity contribution in [1.29, 1.82) is 0 Å². The van der Waals surface area contributed by atoms with E-state index in [0.717, 1.165) is 24.8 Å². The van der Waals surface area contributed by atoms with Gasteiger partial charge in [0.15, 0.2) is 11.6 Å². The molecular weight excluding hydrogens is 440 g/mol. The topological polar surface area (TPSA) is 80.7 Å². The fourth-order valence-electron chi connectivity index (χ4n) is 8.02. The van der Waals surface area contributed by atoms with Crippen molar-refractivity contribution in [3.8, 4) is 0 Å². The number of hydrogen-bond donors (Lipinski definition) is 1. The van der Waals surface area contributed by atoms with Gasteiger partial charge in [-0.1, -0.05) is 40.2 Å². The highest BCUT2D eigenvalue weighted by Gasteiger charge is 2.65. The second-order valence-electron chi connectivity index (χ2n) is 11.3. The lowest BCUT2D eigenvalue weighted by molar-refractivity contribution is -0.154. The molecule has 0 unspecified atom stereocenters. The summed E-state index contributed by atoms with van der Waals surface area (Å²) in [4.78, 5) is 37.3. The minimum atomic E-state index is -0.598. The molecule has 0 aromatic carbocycles. The van der Waals surface area contributed by atoms with Crippen molar-refractivity contribution in [3.63, 3.8) is 0 Å². The predicted molar refractivity (Wildman–Crippen MR) is 127 cm³/mol. The number of allylic oxidation sites excluding steroid dienone is 4. The van der Waals surface area contributed by atoms with Gasteiger partial charge in [0.05, 0.1) is 11.5 Å². The van der Waals surface area contributed by atoms with Crippen LogP contribution in [0.4, 0.5) is 0 Å². The number of aliphatic hydroxyl groups is 1. The minimum absolute atomic E-state index is 0.0313. The Morgan fingerprint density at radius 1 is 1.27 bits per heavy atom. The number of unbranched alkanes of at least 4 members (excludes halogenated alkanes) is 1. The molecule has 5 nitrogen and oxygen atoms in total. The standard InChI is InChI=1S/C27H37ClO5/c1-5-6-7-23(32)33-14-22(31)24-15(2)10-18-17-12-20(28)19-11-16(29)8-9-26(19,3)25(17)21(30)13-27(18,24)4/h8-9,11,15,17-18,20-21,24-25,30H,5-7,10,12-14H2,1-4H3/t15-,17+,18+,20+,21+,24-,25-,26+,27+/m1/s1. The van der Waals surface area contributed by atoms with Crippen molar-refractivity contribution in [1.82, 2.24) is 0 Å². The number of esters is 1. The number of halogens is 1. The lowest BCUT2D eigenvalue weighted by Gasteiger charge is -2.59. The van der Waals surface area contributed by atoms with Gasteiger partial charge in [0.25, 0.3) is 0 Å². The van der Waals surface area contributed by atoms with E-state index >= 15 is 0 Å². The Hall–Kier alpha value is -1.46. The Morgan fingerprint density at radius 2 is 2.00 bits per heavy atom. The van der Waals surface area contributed by atoms with Gasteiger partial charge in [-0.05, 0) is 66.6 Å². The van der Waals surface area contributed by atoms with E-state index in [1.165, 1.54) is 0 Å². The quantitative estimate of drug-likeness (QED) is 0.446. The third-order valence-electron chi connectivity index (χ3n) is 9.27. The molecule has 3 saturated carbocycles. The van der Waals surface area contributed by atoms with Crippen molar-refractivity contribution in [2.75, 3.05) is 6.61 Å². The summed E-state index contributed by atoms with van der Waals surface area (Å²) >= 11 is 6.85. The Balaban J connectivity index is 1.58. The van der Waals surface area contributed by atoms with Crippen LogP contribution in [0.25, 0.3) is 0 Å². The average Bonchev–Trinajstić information content (AvgIpc) is 3.01. The number of ether oxygens (including phenoxy) is 1. The number of ketones is 2. The molecule has 0 heterocycles. The molecule has 3 fully saturated rings. The second-order valence-corrected chi connectivity index (χ2v) is 11.8. The molecule has 0 spiro atoms. The second kappa shape index (κ2) is 8.96. The van der Waals surface area contributed by atoms with Crippen LogP contribution in [0.3, 0.4) is 0 Å². The zero-order valence-electron chi connectivity index (χ0n) is 20.2. The van der Waals surface area contributed by atoms with Crippen LogP contribution in [0.2, 0.25) is 0 Å². The predicted octanol–water partition coefficient (Wildman–Crippen LogP) is 4.65. The maximum atomic E-state index is 13.3. The monoisotopic (exact) mass is 476 g/mol. The van der Waals surface area contributed by atoms with Gasteiger partial charge in [-0.3, -0.25) is 14.4 Å². The van der Waals surface area contributed by atoms with Crippen molar-refractivity contribution in [2.24, 2.45) is 40.4 Å². The van der Waals surface area contributed by atoms with E-state index in [-0.39, 0.29) is 64.5 Å². The smallest absolute Gasteiger partial charge is 0.306 e. The van der Waals surface area contributed by atoms with Gasteiger partial charge in [-0.2, -0.15) is 0 Å². The van der Waals surface area contributed by atoms with Crippen LogP contribution in [0, 0.1) is 40.4 Å². The van der Waals surface area contributed by atoms with Crippen LogP contribution in [-0.4, -0.2) is 40.7 Å². The molecule has 0 aromatic rings. The van der Waals surface area contributed by atoms with Crippen LogP contribution in [0.15, 0.2) is 23.8 Å². The van der Waals surface area contributed by atoms with Crippen molar-refractivity contribution < 1.29 is 24.2 Å². The Labute approximate surface area is 202 Å². The SMILES string of the molecule is CCCCC(=O)OCC(=O)[C@H]1[C@H](C)C[C@H]2[C@@H]3C[C@H](Cl)C4=CC(=O)C=C[C@]4(C)[C@H]3[C@@H](O)C[C@@]21C. The lowest BCUT2D eigenvalue weighted by atomic mass is 9.46. The van der Waals surface area contributed by atoms with E-state index in [1.54, 1.807) is 12.2 Å². The molecule has 4 aliphatic carbocycles. The maximum Gasteiger partial charge on any atom is 0.306 e. The number of carbonyl (C=O) groups excluding carboxylic acids is 3. The van der Waals surface area contributed by atoms with Gasteiger partial charge in [0.2, 0.25) is 0 Å². The van der Waals surface area contributed by atoms with E-state index in [0.29, 0.717) is 19.3 Å². The molecule has 9 atom stereocenters.